The van der Waals surface area contributed by atoms with Gasteiger partial charge in [-0.3, -0.25) is 19.2 Å². The first kappa shape index (κ1) is 35.2. The van der Waals surface area contributed by atoms with Crippen LogP contribution in [0.5, 0.6) is 17.2 Å². The number of carbonyl (C=O) groups excluding carboxylic acids is 4. The zero-order chi connectivity index (χ0) is 33.1. The fraction of sp³-hybridized carbons (Fsp3) is 0.529. The van der Waals surface area contributed by atoms with E-state index >= 15 is 0 Å². The van der Waals surface area contributed by atoms with Crippen molar-refractivity contribution < 1.29 is 33.4 Å². The van der Waals surface area contributed by atoms with Gasteiger partial charge >= 0.3 is 0 Å². The number of carbonyl (C=O) groups is 4. The predicted molar refractivity (Wildman–Crippen MR) is 171 cm³/mol. The molecule has 0 radical (unpaired) electrons. The van der Waals surface area contributed by atoms with Gasteiger partial charge in [0.25, 0.3) is 5.91 Å². The highest BCUT2D eigenvalue weighted by Gasteiger charge is 2.33. The summed E-state index contributed by atoms with van der Waals surface area (Å²) in [6, 6.07) is 11.5. The zero-order valence-corrected chi connectivity index (χ0v) is 27.5. The highest BCUT2D eigenvalue weighted by molar-refractivity contribution is 6.01. The maximum Gasteiger partial charge on any atom is 0.255 e. The first-order chi connectivity index (χ1) is 21.4. The summed E-state index contributed by atoms with van der Waals surface area (Å²) in [5, 5.41) is 5.62. The number of para-hydroxylation sites is 1. The third-order valence-corrected chi connectivity index (χ3v) is 7.67. The van der Waals surface area contributed by atoms with Crippen LogP contribution >= 0.6 is 0 Å². The van der Waals surface area contributed by atoms with Crippen molar-refractivity contribution in [1.82, 2.24) is 20.4 Å². The maximum atomic E-state index is 13.8. The molecule has 2 aromatic carbocycles. The molecule has 246 valence electrons. The van der Waals surface area contributed by atoms with Crippen LogP contribution in [-0.4, -0.2) is 92.5 Å². The van der Waals surface area contributed by atoms with Crippen LogP contribution in [0.25, 0.3) is 0 Å². The molecule has 0 saturated heterocycles. The molecular formula is C34H48N4O7. The molecule has 0 spiro atoms. The number of rotatable bonds is 10. The number of likely N-dealkylation sites (N-methyl/N-ethyl adjacent to an activating group) is 2. The average Bonchev–Trinajstić information content (AvgIpc) is 3.00. The van der Waals surface area contributed by atoms with E-state index in [1.165, 1.54) is 4.90 Å². The Morgan fingerprint density at radius 2 is 1.62 bits per heavy atom. The predicted octanol–water partition coefficient (Wildman–Crippen LogP) is 3.52. The number of hydrogen-bond acceptors (Lipinski definition) is 7. The van der Waals surface area contributed by atoms with Crippen LogP contribution in [-0.2, 0) is 14.4 Å². The Bertz CT molecular complexity index is 1300. The van der Waals surface area contributed by atoms with Gasteiger partial charge in [0.2, 0.25) is 17.7 Å². The molecule has 2 N–H and O–H groups in total. The third kappa shape index (κ3) is 10.4. The molecule has 0 bridgehead atoms. The number of benzene rings is 2. The highest BCUT2D eigenvalue weighted by atomic mass is 16.5. The summed E-state index contributed by atoms with van der Waals surface area (Å²) in [7, 11) is 4.88. The molecule has 1 aliphatic heterocycles. The standard InChI is InChI=1S/C34H48N4O7/c1-22(2)18-24-21-45-30-11-9-8-10-27(30)32(40)36-29(20-31(39)35-28(19-23(3)4)34(42)38(24)6)33(41)37(5)16-17-44-26-14-12-25(43-7)13-15-26/h8-15,22-24,28-29H,16-21H2,1-7H3,(H,35,39)(H,36,40)/t24-,28+,29+/m1/s1. The fourth-order valence-electron chi connectivity index (χ4n) is 5.19. The van der Waals surface area contributed by atoms with Crippen LogP contribution in [0.4, 0.5) is 0 Å². The molecule has 45 heavy (non-hydrogen) atoms. The van der Waals surface area contributed by atoms with Crippen molar-refractivity contribution in [1.29, 1.82) is 0 Å². The van der Waals surface area contributed by atoms with Gasteiger partial charge in [0.1, 0.15) is 42.5 Å². The summed E-state index contributed by atoms with van der Waals surface area (Å²) in [4.78, 5) is 57.5. The Kier molecular flexibility index (Phi) is 13.1. The average molecular weight is 625 g/mol. The Labute approximate surface area is 266 Å². The van der Waals surface area contributed by atoms with Crippen LogP contribution in [0.3, 0.4) is 0 Å². The molecule has 0 fully saturated rings. The highest BCUT2D eigenvalue weighted by Crippen LogP contribution is 2.22. The minimum Gasteiger partial charge on any atom is -0.497 e. The molecule has 0 saturated carbocycles. The summed E-state index contributed by atoms with van der Waals surface area (Å²) < 4.78 is 17.1. The molecule has 0 unspecified atom stereocenters. The Balaban J connectivity index is 1.86. The van der Waals surface area contributed by atoms with Crippen LogP contribution < -0.4 is 24.8 Å². The number of methoxy groups -OCH3 is 1. The van der Waals surface area contributed by atoms with Gasteiger partial charge in [-0.05, 0) is 61.1 Å². The van der Waals surface area contributed by atoms with Crippen molar-refractivity contribution in [3.8, 4) is 17.2 Å². The van der Waals surface area contributed by atoms with Gasteiger partial charge in [0.05, 0.1) is 31.7 Å². The summed E-state index contributed by atoms with van der Waals surface area (Å²) in [6.07, 6.45) is 0.739. The van der Waals surface area contributed by atoms with E-state index in [-0.39, 0.29) is 55.5 Å². The van der Waals surface area contributed by atoms with Crippen molar-refractivity contribution >= 4 is 23.6 Å². The molecule has 11 heteroatoms. The molecule has 0 aliphatic carbocycles. The molecule has 11 nitrogen and oxygen atoms in total. The first-order valence-corrected chi connectivity index (χ1v) is 15.5. The van der Waals surface area contributed by atoms with Crippen molar-refractivity contribution in [3.63, 3.8) is 0 Å². The van der Waals surface area contributed by atoms with Crippen molar-refractivity contribution in [2.45, 2.75) is 65.1 Å². The van der Waals surface area contributed by atoms with E-state index in [0.29, 0.717) is 30.1 Å². The van der Waals surface area contributed by atoms with Crippen LogP contribution in [0.2, 0.25) is 0 Å². The smallest absolute Gasteiger partial charge is 0.255 e. The topological polar surface area (TPSA) is 127 Å². The van der Waals surface area contributed by atoms with E-state index < -0.39 is 29.8 Å². The lowest BCUT2D eigenvalue weighted by molar-refractivity contribution is -0.139. The van der Waals surface area contributed by atoms with Gasteiger partial charge in [-0.25, -0.2) is 0 Å². The molecule has 4 amide bonds. The molecule has 3 atom stereocenters. The van der Waals surface area contributed by atoms with E-state index in [4.69, 9.17) is 14.2 Å². The minimum atomic E-state index is -1.19. The van der Waals surface area contributed by atoms with Gasteiger partial charge in [-0.15, -0.1) is 0 Å². The second-order valence-corrected chi connectivity index (χ2v) is 12.3. The molecule has 1 heterocycles. The van der Waals surface area contributed by atoms with Crippen LogP contribution in [0, 0.1) is 11.8 Å². The fourth-order valence-corrected chi connectivity index (χ4v) is 5.19. The van der Waals surface area contributed by atoms with Gasteiger partial charge < -0.3 is 34.6 Å². The number of nitrogens with one attached hydrogen (secondary N) is 2. The largest absolute Gasteiger partial charge is 0.497 e. The van der Waals surface area contributed by atoms with Crippen molar-refractivity contribution in [2.24, 2.45) is 11.8 Å². The minimum absolute atomic E-state index is 0.118. The van der Waals surface area contributed by atoms with Gasteiger partial charge in [0.15, 0.2) is 0 Å². The molecule has 0 aromatic heterocycles. The second kappa shape index (κ2) is 16.7. The lowest BCUT2D eigenvalue weighted by Crippen LogP contribution is -2.55. The summed E-state index contributed by atoms with van der Waals surface area (Å²) in [5.74, 6) is 0.286. The SMILES string of the molecule is COc1ccc(OCCN(C)C(=O)[C@@H]2CC(=O)N[C@@H](CC(C)C)C(=O)N(C)[C@H](CC(C)C)COc3ccccc3C(=O)N2)cc1. The van der Waals surface area contributed by atoms with Crippen LogP contribution in [0.1, 0.15) is 57.3 Å². The molecule has 1 aliphatic rings. The number of fused-ring (bicyclic) bond motifs is 1. The number of amides is 4. The van der Waals surface area contributed by atoms with Gasteiger partial charge in [-0.2, -0.15) is 0 Å². The number of nitrogens with zero attached hydrogens (tertiary/aromatic N) is 2. The normalized spacial score (nSPS) is 19.6. The van der Waals surface area contributed by atoms with Gasteiger partial charge in [-0.1, -0.05) is 39.8 Å². The lowest BCUT2D eigenvalue weighted by Gasteiger charge is -2.34. The van der Waals surface area contributed by atoms with E-state index in [2.05, 4.69) is 24.5 Å². The van der Waals surface area contributed by atoms with E-state index in [1.54, 1.807) is 74.6 Å². The second-order valence-electron chi connectivity index (χ2n) is 12.3. The summed E-state index contributed by atoms with van der Waals surface area (Å²) >= 11 is 0. The van der Waals surface area contributed by atoms with E-state index in [1.807, 2.05) is 13.8 Å². The zero-order valence-electron chi connectivity index (χ0n) is 27.5. The summed E-state index contributed by atoms with van der Waals surface area (Å²) in [6.45, 7) is 8.64. The van der Waals surface area contributed by atoms with Crippen LogP contribution in [0.15, 0.2) is 48.5 Å². The van der Waals surface area contributed by atoms with Gasteiger partial charge in [0, 0.05) is 14.1 Å². The molecule has 3 rings (SSSR count). The molecular weight excluding hydrogens is 576 g/mol. The quantitative estimate of drug-likeness (QED) is 0.414. The van der Waals surface area contributed by atoms with E-state index in [9.17, 15) is 19.2 Å². The maximum absolute atomic E-state index is 13.8. The third-order valence-electron chi connectivity index (χ3n) is 7.67. The van der Waals surface area contributed by atoms with E-state index in [0.717, 1.165) is 0 Å². The first-order valence-electron chi connectivity index (χ1n) is 15.5. The number of ether oxygens (including phenoxy) is 3. The lowest BCUT2D eigenvalue weighted by atomic mass is 9.99. The van der Waals surface area contributed by atoms with Crippen molar-refractivity contribution in [3.05, 3.63) is 54.1 Å². The Hall–Kier alpha value is -4.28. The van der Waals surface area contributed by atoms with Crippen molar-refractivity contribution in [2.75, 3.05) is 41.0 Å². The Morgan fingerprint density at radius 3 is 2.27 bits per heavy atom. The molecule has 2 aromatic rings. The summed E-state index contributed by atoms with van der Waals surface area (Å²) in [5.41, 5.74) is 0.230. The Morgan fingerprint density at radius 1 is 0.978 bits per heavy atom. The number of hydrogen-bond donors (Lipinski definition) is 2. The monoisotopic (exact) mass is 624 g/mol.